The normalized spacial score (nSPS) is 10.3. The van der Waals surface area contributed by atoms with Crippen LogP contribution in [0.3, 0.4) is 0 Å². The zero-order valence-electron chi connectivity index (χ0n) is 19.8. The van der Waals surface area contributed by atoms with Crippen LogP contribution in [-0.2, 0) is 14.3 Å². The first-order chi connectivity index (χ1) is 16.4. The molecule has 0 aromatic heterocycles. The van der Waals surface area contributed by atoms with Crippen molar-refractivity contribution >= 4 is 17.9 Å². The van der Waals surface area contributed by atoms with Crippen molar-refractivity contribution in [2.75, 3.05) is 13.2 Å². The molecule has 0 bridgehead atoms. The summed E-state index contributed by atoms with van der Waals surface area (Å²) in [4.78, 5) is 35.6. The molecule has 2 aromatic rings. The van der Waals surface area contributed by atoms with E-state index in [0.717, 1.165) is 19.3 Å². The van der Waals surface area contributed by atoms with Crippen LogP contribution in [0.1, 0.15) is 62.7 Å². The Hall–Kier alpha value is -3.61. The predicted molar refractivity (Wildman–Crippen MR) is 128 cm³/mol. The number of hydrogen-bond acceptors (Lipinski definition) is 7. The Balaban J connectivity index is 1.70. The lowest BCUT2D eigenvalue weighted by atomic mass is 10.2. The monoisotopic (exact) mass is 468 g/mol. The highest BCUT2D eigenvalue weighted by Gasteiger charge is 2.10. The Kier molecular flexibility index (Phi) is 11.4. The predicted octanol–water partition coefficient (Wildman–Crippen LogP) is 5.67. The molecule has 0 unspecified atom stereocenters. The summed E-state index contributed by atoms with van der Waals surface area (Å²) in [6.45, 7) is 8.15. The van der Waals surface area contributed by atoms with Crippen LogP contribution in [0.25, 0.3) is 0 Å². The molecule has 2 aromatic carbocycles. The summed E-state index contributed by atoms with van der Waals surface area (Å²) in [6.07, 6.45) is 4.31. The van der Waals surface area contributed by atoms with Crippen molar-refractivity contribution < 1.29 is 33.3 Å². The van der Waals surface area contributed by atoms with E-state index in [0.29, 0.717) is 54.4 Å². The molecule has 0 N–H and O–H groups in total. The molecule has 0 amide bonds. The first-order valence-electron chi connectivity index (χ1n) is 11.5. The zero-order valence-corrected chi connectivity index (χ0v) is 19.8. The van der Waals surface area contributed by atoms with Crippen LogP contribution in [0.15, 0.2) is 60.7 Å². The standard InChI is InChI=1S/C27H32O7/c1-4-5-18-31-22-12-10-21(11-13-22)27(30)34-24-16-14-23(15-17-24)33-25(28)9-7-6-8-19-32-26(29)20(2)3/h10-17H,2,4-9,18-19H2,1,3H3. The fraction of sp³-hybridized carbons (Fsp3) is 0.370. The third kappa shape index (κ3) is 9.90. The third-order valence-corrected chi connectivity index (χ3v) is 4.73. The summed E-state index contributed by atoms with van der Waals surface area (Å²) in [5.74, 6) is 0.177. The quantitative estimate of drug-likeness (QED) is 0.153. The number of rotatable bonds is 14. The van der Waals surface area contributed by atoms with Gasteiger partial charge in [-0.15, -0.1) is 0 Å². The van der Waals surface area contributed by atoms with Crippen molar-refractivity contribution in [3.8, 4) is 17.2 Å². The van der Waals surface area contributed by atoms with Gasteiger partial charge in [0, 0.05) is 12.0 Å². The van der Waals surface area contributed by atoms with Gasteiger partial charge in [-0.3, -0.25) is 4.79 Å². The van der Waals surface area contributed by atoms with Gasteiger partial charge in [0.15, 0.2) is 0 Å². The Morgan fingerprint density at radius 3 is 2.00 bits per heavy atom. The molecule has 0 saturated heterocycles. The van der Waals surface area contributed by atoms with E-state index >= 15 is 0 Å². The molecule has 0 radical (unpaired) electrons. The molecule has 0 aliphatic heterocycles. The van der Waals surface area contributed by atoms with E-state index in [9.17, 15) is 14.4 Å². The summed E-state index contributed by atoms with van der Waals surface area (Å²) in [5, 5.41) is 0. The number of benzene rings is 2. The van der Waals surface area contributed by atoms with Crippen LogP contribution in [-0.4, -0.2) is 31.1 Å². The van der Waals surface area contributed by atoms with Crippen LogP contribution in [0.5, 0.6) is 17.2 Å². The molecule has 0 atom stereocenters. The average Bonchev–Trinajstić information content (AvgIpc) is 2.83. The first-order valence-corrected chi connectivity index (χ1v) is 11.5. The second kappa shape index (κ2) is 14.5. The summed E-state index contributed by atoms with van der Waals surface area (Å²) in [5.41, 5.74) is 0.777. The lowest BCUT2D eigenvalue weighted by Gasteiger charge is -2.08. The minimum absolute atomic E-state index is 0.253. The molecule has 0 fully saturated rings. The first kappa shape index (κ1) is 26.6. The number of hydrogen-bond donors (Lipinski definition) is 0. The van der Waals surface area contributed by atoms with Gasteiger partial charge >= 0.3 is 17.9 Å². The van der Waals surface area contributed by atoms with Crippen molar-refractivity contribution in [1.82, 2.24) is 0 Å². The van der Waals surface area contributed by atoms with E-state index in [1.807, 2.05) is 0 Å². The maximum atomic E-state index is 12.3. The van der Waals surface area contributed by atoms with Gasteiger partial charge in [-0.05, 0) is 81.1 Å². The Morgan fingerprint density at radius 2 is 1.38 bits per heavy atom. The van der Waals surface area contributed by atoms with Gasteiger partial charge in [-0.2, -0.15) is 0 Å². The van der Waals surface area contributed by atoms with Crippen LogP contribution >= 0.6 is 0 Å². The van der Waals surface area contributed by atoms with E-state index in [1.165, 1.54) is 0 Å². The molecule has 34 heavy (non-hydrogen) atoms. The van der Waals surface area contributed by atoms with E-state index in [1.54, 1.807) is 55.5 Å². The van der Waals surface area contributed by atoms with Gasteiger partial charge < -0.3 is 18.9 Å². The van der Waals surface area contributed by atoms with Crippen LogP contribution in [0, 0.1) is 0 Å². The lowest BCUT2D eigenvalue weighted by molar-refractivity contribution is -0.139. The maximum Gasteiger partial charge on any atom is 0.343 e. The highest BCUT2D eigenvalue weighted by molar-refractivity contribution is 5.91. The lowest BCUT2D eigenvalue weighted by Crippen LogP contribution is -2.09. The largest absolute Gasteiger partial charge is 0.494 e. The second-order valence-electron chi connectivity index (χ2n) is 7.79. The smallest absolute Gasteiger partial charge is 0.343 e. The summed E-state index contributed by atoms with van der Waals surface area (Å²) in [7, 11) is 0. The summed E-state index contributed by atoms with van der Waals surface area (Å²) in [6, 6.07) is 13.1. The van der Waals surface area contributed by atoms with E-state index in [-0.39, 0.29) is 12.4 Å². The highest BCUT2D eigenvalue weighted by atomic mass is 16.5. The van der Waals surface area contributed by atoms with Gasteiger partial charge in [-0.1, -0.05) is 19.9 Å². The third-order valence-electron chi connectivity index (χ3n) is 4.73. The molecular formula is C27H32O7. The zero-order chi connectivity index (χ0) is 24.8. The Labute approximate surface area is 200 Å². The van der Waals surface area contributed by atoms with Gasteiger partial charge in [0.25, 0.3) is 0 Å². The molecule has 182 valence electrons. The minimum atomic E-state index is -0.487. The van der Waals surface area contributed by atoms with Crippen molar-refractivity contribution in [3.05, 3.63) is 66.2 Å². The Morgan fingerprint density at radius 1 is 0.765 bits per heavy atom. The van der Waals surface area contributed by atoms with Crippen molar-refractivity contribution in [3.63, 3.8) is 0 Å². The second-order valence-corrected chi connectivity index (χ2v) is 7.79. The molecular weight excluding hydrogens is 436 g/mol. The SMILES string of the molecule is C=C(C)C(=O)OCCCCCC(=O)Oc1ccc(OC(=O)c2ccc(OCCCC)cc2)cc1. The number of unbranched alkanes of at least 4 members (excludes halogenated alkanes) is 3. The molecule has 0 saturated carbocycles. The van der Waals surface area contributed by atoms with Crippen LogP contribution in [0.4, 0.5) is 0 Å². The average molecular weight is 469 g/mol. The van der Waals surface area contributed by atoms with E-state index in [2.05, 4.69) is 13.5 Å². The van der Waals surface area contributed by atoms with Crippen LogP contribution < -0.4 is 14.2 Å². The molecule has 7 nitrogen and oxygen atoms in total. The number of esters is 3. The van der Waals surface area contributed by atoms with E-state index < -0.39 is 11.9 Å². The van der Waals surface area contributed by atoms with E-state index in [4.69, 9.17) is 18.9 Å². The maximum absolute atomic E-state index is 12.3. The molecule has 0 aliphatic rings. The number of ether oxygens (including phenoxy) is 4. The molecule has 0 aliphatic carbocycles. The van der Waals surface area contributed by atoms with Gasteiger partial charge in [-0.25, -0.2) is 9.59 Å². The molecule has 2 rings (SSSR count). The van der Waals surface area contributed by atoms with Crippen LogP contribution in [0.2, 0.25) is 0 Å². The van der Waals surface area contributed by atoms with Crippen molar-refractivity contribution in [2.24, 2.45) is 0 Å². The van der Waals surface area contributed by atoms with Gasteiger partial charge in [0.05, 0.1) is 18.8 Å². The van der Waals surface area contributed by atoms with Crippen molar-refractivity contribution in [2.45, 2.75) is 52.4 Å². The molecule has 0 spiro atoms. The fourth-order valence-corrected chi connectivity index (χ4v) is 2.78. The molecule has 7 heteroatoms. The summed E-state index contributed by atoms with van der Waals surface area (Å²) < 4.78 is 21.3. The molecule has 0 heterocycles. The number of carbonyl (C=O) groups is 3. The topological polar surface area (TPSA) is 88.1 Å². The fourth-order valence-electron chi connectivity index (χ4n) is 2.78. The highest BCUT2D eigenvalue weighted by Crippen LogP contribution is 2.20. The van der Waals surface area contributed by atoms with Gasteiger partial charge in [0.2, 0.25) is 0 Å². The summed E-state index contributed by atoms with van der Waals surface area (Å²) >= 11 is 0. The van der Waals surface area contributed by atoms with Crippen molar-refractivity contribution in [1.29, 1.82) is 0 Å². The van der Waals surface area contributed by atoms with Gasteiger partial charge in [0.1, 0.15) is 17.2 Å². The number of carbonyl (C=O) groups excluding carboxylic acids is 3. The Bertz CT molecular complexity index is 946. The minimum Gasteiger partial charge on any atom is -0.494 e.